The van der Waals surface area contributed by atoms with Crippen LogP contribution in [0.3, 0.4) is 0 Å². The molecule has 2 N–H and O–H groups in total. The number of hydrogen-bond acceptors (Lipinski definition) is 8. The van der Waals surface area contributed by atoms with Gasteiger partial charge in [0.15, 0.2) is 17.7 Å². The molecule has 1 unspecified atom stereocenters. The van der Waals surface area contributed by atoms with Crippen molar-refractivity contribution in [2.24, 2.45) is 0 Å². The first kappa shape index (κ1) is 25.0. The maximum absolute atomic E-state index is 13.4. The minimum absolute atomic E-state index is 0.00332. The van der Waals surface area contributed by atoms with Crippen LogP contribution in [0.15, 0.2) is 78.3 Å². The Morgan fingerprint density at radius 1 is 1.11 bits per heavy atom. The minimum Gasteiger partial charge on any atom is -0.486 e. The van der Waals surface area contributed by atoms with Crippen molar-refractivity contribution in [2.45, 2.75) is 26.2 Å². The molecule has 2 aliphatic heterocycles. The molecule has 2 aliphatic rings. The third-order valence-corrected chi connectivity index (χ3v) is 6.03. The number of nitrogens with zero attached hydrogens (tertiary/aromatic N) is 2. The first-order chi connectivity index (χ1) is 18.4. The van der Waals surface area contributed by atoms with Crippen molar-refractivity contribution in [3.05, 3.63) is 107 Å². The van der Waals surface area contributed by atoms with Crippen molar-refractivity contribution in [3.8, 4) is 5.75 Å². The summed E-state index contributed by atoms with van der Waals surface area (Å²) in [5.41, 5.74) is 2.22. The molecule has 0 saturated heterocycles. The zero-order valence-corrected chi connectivity index (χ0v) is 20.3. The zero-order valence-electron chi connectivity index (χ0n) is 20.3. The summed E-state index contributed by atoms with van der Waals surface area (Å²) in [6.07, 6.45) is 1.16. The molecule has 1 aromatic heterocycles. The first-order valence-corrected chi connectivity index (χ1v) is 11.8. The topological polar surface area (TPSA) is 118 Å². The third kappa shape index (κ3) is 4.69. The summed E-state index contributed by atoms with van der Waals surface area (Å²) in [6.45, 7) is 1.74. The molecule has 0 radical (unpaired) electrons. The van der Waals surface area contributed by atoms with E-state index < -0.39 is 29.7 Å². The van der Waals surface area contributed by atoms with Gasteiger partial charge in [-0.05, 0) is 30.2 Å². The number of carboxylic acid groups (broad SMARTS) is 1. The van der Waals surface area contributed by atoms with Crippen LogP contribution in [-0.4, -0.2) is 40.0 Å². The molecule has 1 atom stereocenters. The van der Waals surface area contributed by atoms with E-state index in [1.54, 1.807) is 19.1 Å². The molecule has 0 saturated carbocycles. The Bertz CT molecular complexity index is 1450. The van der Waals surface area contributed by atoms with Gasteiger partial charge < -0.3 is 29.3 Å². The Morgan fingerprint density at radius 2 is 1.84 bits per heavy atom. The number of benzene rings is 2. The number of rotatable bonds is 8. The van der Waals surface area contributed by atoms with Crippen LogP contribution in [0.25, 0.3) is 5.76 Å². The zero-order chi connectivity index (χ0) is 26.8. The molecule has 0 fully saturated rings. The Hall–Kier alpha value is -4.70. The third-order valence-electron chi connectivity index (χ3n) is 6.03. The Balaban J connectivity index is 1.66. The molecular formula is C28H23FN2O7. The molecule has 10 heteroatoms. The van der Waals surface area contributed by atoms with Crippen LogP contribution >= 0.6 is 0 Å². The predicted octanol–water partition coefficient (Wildman–Crippen LogP) is 3.76. The van der Waals surface area contributed by atoms with Crippen molar-refractivity contribution in [1.82, 2.24) is 4.98 Å². The number of carbonyl (C=O) groups is 2. The van der Waals surface area contributed by atoms with Gasteiger partial charge in [-0.25, -0.2) is 14.0 Å². The second-order valence-electron chi connectivity index (χ2n) is 8.53. The molecule has 5 rings (SSSR count). The van der Waals surface area contributed by atoms with Crippen molar-refractivity contribution in [2.75, 3.05) is 11.5 Å². The van der Waals surface area contributed by atoms with E-state index in [0.29, 0.717) is 5.56 Å². The van der Waals surface area contributed by atoms with Crippen molar-refractivity contribution >= 4 is 23.4 Å². The highest BCUT2D eigenvalue weighted by Crippen LogP contribution is 2.48. The van der Waals surface area contributed by atoms with E-state index in [0.717, 1.165) is 17.3 Å². The molecular weight excluding hydrogens is 495 g/mol. The lowest BCUT2D eigenvalue weighted by molar-refractivity contribution is -0.139. The number of halogens is 1. The fraction of sp³-hybridized carbons (Fsp3) is 0.179. The molecule has 9 nitrogen and oxygen atoms in total. The van der Waals surface area contributed by atoms with Crippen LogP contribution in [0, 0.1) is 5.82 Å². The standard InChI is InChI=1S/C28H23FN2O7/c1-2-36-28(35)21-25(37-15-17-6-4-3-5-7-17)22-23-24(38-20(27(33)34)14-31(23)26(21)32)18(13-30-22)12-16-8-10-19(29)11-9-16/h3-11,13-14,26,32H,2,12,15H2,1H3,(H,33,34). The van der Waals surface area contributed by atoms with E-state index in [9.17, 15) is 24.2 Å². The number of aliphatic hydroxyl groups excluding tert-OH is 1. The van der Waals surface area contributed by atoms with Crippen LogP contribution in [0.4, 0.5) is 10.1 Å². The van der Waals surface area contributed by atoms with Crippen molar-refractivity contribution in [3.63, 3.8) is 0 Å². The van der Waals surface area contributed by atoms with Gasteiger partial charge in [-0.15, -0.1) is 0 Å². The van der Waals surface area contributed by atoms with Gasteiger partial charge in [0.05, 0.1) is 12.8 Å². The maximum Gasteiger partial charge on any atom is 0.373 e. The van der Waals surface area contributed by atoms with Gasteiger partial charge in [-0.1, -0.05) is 42.5 Å². The number of carboxylic acids is 1. The molecule has 0 bridgehead atoms. The molecule has 194 valence electrons. The highest BCUT2D eigenvalue weighted by molar-refractivity contribution is 6.02. The molecule has 0 aliphatic carbocycles. The summed E-state index contributed by atoms with van der Waals surface area (Å²) < 4.78 is 30.4. The average Bonchev–Trinajstić information content (AvgIpc) is 2.92. The summed E-state index contributed by atoms with van der Waals surface area (Å²) in [5.74, 6) is -2.94. The quantitative estimate of drug-likeness (QED) is 0.430. The number of aliphatic hydroxyl groups is 1. The summed E-state index contributed by atoms with van der Waals surface area (Å²) in [7, 11) is 0. The lowest BCUT2D eigenvalue weighted by Crippen LogP contribution is -2.42. The van der Waals surface area contributed by atoms with E-state index in [2.05, 4.69) is 4.98 Å². The lowest BCUT2D eigenvalue weighted by Gasteiger charge is -2.38. The van der Waals surface area contributed by atoms with Crippen LogP contribution in [0.5, 0.6) is 5.75 Å². The van der Waals surface area contributed by atoms with E-state index in [-0.39, 0.29) is 48.1 Å². The number of aromatic nitrogens is 1. The van der Waals surface area contributed by atoms with Gasteiger partial charge in [-0.3, -0.25) is 4.98 Å². The second-order valence-corrected chi connectivity index (χ2v) is 8.53. The number of pyridine rings is 1. The smallest absolute Gasteiger partial charge is 0.373 e. The highest BCUT2D eigenvalue weighted by Gasteiger charge is 2.43. The Morgan fingerprint density at radius 3 is 2.53 bits per heavy atom. The Kier molecular flexibility index (Phi) is 6.80. The SMILES string of the molecule is CCOC(=O)C1=C(OCc2ccccc2)c2ncc(Cc3ccc(F)cc3)c3c2N(C=C(C(=O)O)O3)C1O. The molecule has 3 heterocycles. The summed E-state index contributed by atoms with van der Waals surface area (Å²) >= 11 is 0. The van der Waals surface area contributed by atoms with E-state index in [1.807, 2.05) is 30.3 Å². The number of anilines is 1. The predicted molar refractivity (Wildman–Crippen MR) is 133 cm³/mol. The fourth-order valence-electron chi connectivity index (χ4n) is 4.28. The van der Waals surface area contributed by atoms with Gasteiger partial charge in [0, 0.05) is 18.2 Å². The van der Waals surface area contributed by atoms with Gasteiger partial charge in [0.2, 0.25) is 5.76 Å². The maximum atomic E-state index is 13.4. The van der Waals surface area contributed by atoms with Crippen molar-refractivity contribution < 1.29 is 38.4 Å². The van der Waals surface area contributed by atoms with Gasteiger partial charge in [0.25, 0.3) is 0 Å². The van der Waals surface area contributed by atoms with Crippen LogP contribution in [-0.2, 0) is 32.1 Å². The largest absolute Gasteiger partial charge is 0.486 e. The van der Waals surface area contributed by atoms with Crippen LogP contribution in [0.1, 0.15) is 29.3 Å². The molecule has 38 heavy (non-hydrogen) atoms. The summed E-state index contributed by atoms with van der Waals surface area (Å²) in [5, 5.41) is 21.0. The number of hydrogen-bond donors (Lipinski definition) is 2. The molecule has 2 aromatic carbocycles. The van der Waals surface area contributed by atoms with Crippen molar-refractivity contribution in [1.29, 1.82) is 0 Å². The fourth-order valence-corrected chi connectivity index (χ4v) is 4.28. The second kappa shape index (κ2) is 10.3. The number of carbonyl (C=O) groups excluding carboxylic acids is 1. The number of esters is 1. The molecule has 3 aromatic rings. The number of ether oxygens (including phenoxy) is 3. The molecule has 0 spiro atoms. The first-order valence-electron chi connectivity index (χ1n) is 11.8. The van der Waals surface area contributed by atoms with E-state index in [4.69, 9.17) is 14.2 Å². The minimum atomic E-state index is -1.65. The van der Waals surface area contributed by atoms with Gasteiger partial charge in [0.1, 0.15) is 29.4 Å². The Labute approximate surface area is 217 Å². The highest BCUT2D eigenvalue weighted by atomic mass is 19.1. The normalized spacial score (nSPS) is 15.8. The van der Waals surface area contributed by atoms with Crippen LogP contribution < -0.4 is 9.64 Å². The number of aliphatic carboxylic acids is 1. The lowest BCUT2D eigenvalue weighted by atomic mass is 9.97. The summed E-state index contributed by atoms with van der Waals surface area (Å²) in [6, 6.07) is 15.0. The van der Waals surface area contributed by atoms with Gasteiger partial charge >= 0.3 is 11.9 Å². The monoisotopic (exact) mass is 518 g/mol. The summed E-state index contributed by atoms with van der Waals surface area (Å²) in [4.78, 5) is 30.6. The van der Waals surface area contributed by atoms with E-state index >= 15 is 0 Å². The van der Waals surface area contributed by atoms with E-state index in [1.165, 1.54) is 23.2 Å². The van der Waals surface area contributed by atoms with Gasteiger partial charge in [-0.2, -0.15) is 0 Å². The average molecular weight is 518 g/mol. The molecule has 0 amide bonds. The van der Waals surface area contributed by atoms with Crippen LogP contribution in [0.2, 0.25) is 0 Å².